The van der Waals surface area contributed by atoms with Crippen LogP contribution in [0.15, 0.2) is 36.7 Å². The number of primary amides is 1. The van der Waals surface area contributed by atoms with Crippen LogP contribution in [0.4, 0.5) is 0 Å². The molecule has 2 fully saturated rings. The number of hydrogen-bond acceptors (Lipinski definition) is 13. The summed E-state index contributed by atoms with van der Waals surface area (Å²) < 4.78 is 53.9. The van der Waals surface area contributed by atoms with E-state index in [4.69, 9.17) is 33.7 Å². The van der Waals surface area contributed by atoms with E-state index in [9.17, 15) is 24.1 Å². The highest BCUT2D eigenvalue weighted by Gasteiger charge is 2.57. The standard InChI is InChI=1S/C24H31N4O12P/c1-24(2)38-18-15(37-22(19(18)39-24)28-12-26-17(20(25)30)21(28)31)11-36-41(33,40-13-8-6-5-7-9-13)27-14(23(32)35-4)10-16(29)34-3/h5-9,12,14-15,18-19,22,31H,10-11H2,1-4H3,(H2,25,30)(H,27,33)/t14-,15+,18+,19+,22+,41?/m0/s1. The predicted octanol–water partition coefficient (Wildman–Crippen LogP) is 1.00. The van der Waals surface area contributed by atoms with E-state index in [0.29, 0.717) is 0 Å². The molecule has 0 bridgehead atoms. The number of aromatic nitrogens is 2. The third-order valence-electron chi connectivity index (χ3n) is 6.18. The molecule has 0 aliphatic carbocycles. The van der Waals surface area contributed by atoms with Gasteiger partial charge in [-0.3, -0.25) is 23.5 Å². The maximum atomic E-state index is 14.0. The van der Waals surface area contributed by atoms with Crippen LogP contribution in [-0.2, 0) is 42.4 Å². The van der Waals surface area contributed by atoms with Crippen LogP contribution >= 0.6 is 7.75 Å². The van der Waals surface area contributed by atoms with Crippen molar-refractivity contribution in [2.75, 3.05) is 20.8 Å². The highest BCUT2D eigenvalue weighted by atomic mass is 31.2. The van der Waals surface area contributed by atoms with Gasteiger partial charge in [0.1, 0.15) is 36.4 Å². The number of carbonyl (C=O) groups excluding carboxylic acids is 3. The molecule has 3 heterocycles. The van der Waals surface area contributed by atoms with Crippen molar-refractivity contribution >= 4 is 25.6 Å². The summed E-state index contributed by atoms with van der Waals surface area (Å²) in [5, 5.41) is 13.0. The second-order valence-electron chi connectivity index (χ2n) is 9.50. The molecular formula is C24H31N4O12P. The lowest BCUT2D eigenvalue weighted by Crippen LogP contribution is -2.40. The van der Waals surface area contributed by atoms with E-state index in [1.54, 1.807) is 32.0 Å². The Kier molecular flexibility index (Phi) is 9.01. The number of para-hydroxylation sites is 1. The van der Waals surface area contributed by atoms with Gasteiger partial charge in [-0.1, -0.05) is 18.2 Å². The monoisotopic (exact) mass is 598 g/mol. The Balaban J connectivity index is 1.59. The van der Waals surface area contributed by atoms with Gasteiger partial charge in [-0.2, -0.15) is 5.09 Å². The summed E-state index contributed by atoms with van der Waals surface area (Å²) in [7, 11) is -2.20. The molecule has 6 atom stereocenters. The van der Waals surface area contributed by atoms with Crippen LogP contribution in [-0.4, -0.2) is 83.5 Å². The van der Waals surface area contributed by atoms with E-state index in [2.05, 4.69) is 14.8 Å². The lowest BCUT2D eigenvalue weighted by atomic mass is 10.1. The van der Waals surface area contributed by atoms with E-state index in [0.717, 1.165) is 25.1 Å². The first-order chi connectivity index (χ1) is 19.4. The topological polar surface area (TPSA) is 209 Å². The Morgan fingerprint density at radius 2 is 1.85 bits per heavy atom. The molecule has 1 aromatic heterocycles. The van der Waals surface area contributed by atoms with Crippen LogP contribution in [0.3, 0.4) is 0 Å². The van der Waals surface area contributed by atoms with Crippen LogP contribution in [0.25, 0.3) is 0 Å². The van der Waals surface area contributed by atoms with Crippen molar-refractivity contribution < 1.29 is 56.8 Å². The number of hydrogen-bond donors (Lipinski definition) is 3. The highest BCUT2D eigenvalue weighted by Crippen LogP contribution is 2.49. The molecule has 2 aromatic rings. The number of nitrogens with two attached hydrogens (primary N) is 1. The van der Waals surface area contributed by atoms with Crippen molar-refractivity contribution in [3.63, 3.8) is 0 Å². The fourth-order valence-electron chi connectivity index (χ4n) is 4.38. The van der Waals surface area contributed by atoms with Gasteiger partial charge in [0.15, 0.2) is 17.7 Å². The van der Waals surface area contributed by atoms with Crippen molar-refractivity contribution in [3.05, 3.63) is 42.4 Å². The molecule has 1 aromatic carbocycles. The normalized spacial score (nSPS) is 25.1. The molecule has 1 unspecified atom stereocenters. The molecule has 4 rings (SSSR count). The van der Waals surface area contributed by atoms with Gasteiger partial charge in [0.2, 0.25) is 5.88 Å². The molecule has 4 N–H and O–H groups in total. The van der Waals surface area contributed by atoms with Gasteiger partial charge in [0.25, 0.3) is 5.91 Å². The SMILES string of the molecule is COC(=O)C[C@H](NP(=O)(OC[C@H]1O[C@@H](n2cnc(C(N)=O)c2O)[C@@H]2OC(C)(C)O[C@@H]21)Oc1ccccc1)C(=O)OC. The van der Waals surface area contributed by atoms with Gasteiger partial charge in [0, 0.05) is 0 Å². The zero-order valence-electron chi connectivity index (χ0n) is 22.6. The van der Waals surface area contributed by atoms with Crippen LogP contribution in [0.5, 0.6) is 11.6 Å². The molecule has 2 aliphatic heterocycles. The molecule has 41 heavy (non-hydrogen) atoms. The maximum absolute atomic E-state index is 14.0. The molecule has 0 spiro atoms. The minimum absolute atomic E-state index is 0.136. The number of aromatic hydroxyl groups is 1. The molecule has 0 radical (unpaired) electrons. The number of amides is 1. The second-order valence-corrected chi connectivity index (χ2v) is 11.2. The first-order valence-corrected chi connectivity index (χ1v) is 13.9. The summed E-state index contributed by atoms with van der Waals surface area (Å²) in [6.45, 7) is 2.90. The van der Waals surface area contributed by atoms with Crippen LogP contribution in [0.1, 0.15) is 37.0 Å². The number of imidazole rings is 1. The van der Waals surface area contributed by atoms with Crippen molar-refractivity contribution in [3.8, 4) is 11.6 Å². The number of carbonyl (C=O) groups is 3. The largest absolute Gasteiger partial charge is 0.493 e. The number of nitrogens with one attached hydrogen (secondary N) is 1. The van der Waals surface area contributed by atoms with Crippen LogP contribution < -0.4 is 15.3 Å². The van der Waals surface area contributed by atoms with E-state index in [1.165, 1.54) is 12.1 Å². The van der Waals surface area contributed by atoms with Crippen LogP contribution in [0.2, 0.25) is 0 Å². The summed E-state index contributed by atoms with van der Waals surface area (Å²) >= 11 is 0. The second kappa shape index (κ2) is 12.1. The van der Waals surface area contributed by atoms with E-state index in [1.807, 2.05) is 0 Å². The summed E-state index contributed by atoms with van der Waals surface area (Å²) in [6.07, 6.45) is -2.99. The average molecular weight is 599 g/mol. The molecule has 0 saturated carbocycles. The Bertz CT molecular complexity index is 1320. The summed E-state index contributed by atoms with van der Waals surface area (Å²) in [6, 6.07) is 6.54. The van der Waals surface area contributed by atoms with Gasteiger partial charge >= 0.3 is 19.7 Å². The van der Waals surface area contributed by atoms with E-state index < -0.39 is 80.9 Å². The number of nitrogens with zero attached hydrogens (tertiary/aromatic N) is 2. The third kappa shape index (κ3) is 6.86. The molecule has 1 amide bonds. The zero-order valence-corrected chi connectivity index (χ0v) is 23.5. The first kappa shape index (κ1) is 30.4. The lowest BCUT2D eigenvalue weighted by molar-refractivity contribution is -0.200. The minimum atomic E-state index is -4.43. The minimum Gasteiger partial charge on any atom is -0.493 e. The van der Waals surface area contributed by atoms with Crippen molar-refractivity contribution in [2.45, 2.75) is 56.6 Å². The number of ether oxygens (including phenoxy) is 5. The average Bonchev–Trinajstić information content (AvgIpc) is 3.56. The number of benzene rings is 1. The van der Waals surface area contributed by atoms with Gasteiger partial charge in [-0.05, 0) is 26.0 Å². The van der Waals surface area contributed by atoms with Crippen molar-refractivity contribution in [2.24, 2.45) is 5.73 Å². The lowest BCUT2D eigenvalue weighted by Gasteiger charge is -2.27. The smallest absolute Gasteiger partial charge is 0.459 e. The molecular weight excluding hydrogens is 567 g/mol. The first-order valence-electron chi connectivity index (χ1n) is 12.3. The molecule has 2 aliphatic rings. The van der Waals surface area contributed by atoms with Crippen LogP contribution in [0, 0.1) is 0 Å². The van der Waals surface area contributed by atoms with Crippen molar-refractivity contribution in [1.29, 1.82) is 0 Å². The quantitative estimate of drug-likeness (QED) is 0.230. The van der Waals surface area contributed by atoms with E-state index in [-0.39, 0.29) is 11.4 Å². The number of methoxy groups -OCH3 is 2. The predicted molar refractivity (Wildman–Crippen MR) is 136 cm³/mol. The fraction of sp³-hybridized carbons (Fsp3) is 0.500. The number of fused-ring (bicyclic) bond motifs is 1. The van der Waals surface area contributed by atoms with Gasteiger partial charge in [-0.25, -0.2) is 9.55 Å². The highest BCUT2D eigenvalue weighted by molar-refractivity contribution is 7.52. The summed E-state index contributed by atoms with van der Waals surface area (Å²) in [4.78, 5) is 39.8. The molecule has 17 heteroatoms. The van der Waals surface area contributed by atoms with Gasteiger partial charge < -0.3 is 39.0 Å². The maximum Gasteiger partial charge on any atom is 0.459 e. The molecule has 2 saturated heterocycles. The Morgan fingerprint density at radius 3 is 2.46 bits per heavy atom. The van der Waals surface area contributed by atoms with Crippen molar-refractivity contribution in [1.82, 2.24) is 14.6 Å². The number of rotatable bonds is 12. The third-order valence-corrected chi connectivity index (χ3v) is 7.74. The fourth-order valence-corrected chi connectivity index (χ4v) is 5.88. The van der Waals surface area contributed by atoms with Gasteiger partial charge in [-0.15, -0.1) is 0 Å². The Hall–Kier alpha value is -3.53. The zero-order chi connectivity index (χ0) is 29.9. The number of esters is 2. The molecule has 224 valence electrons. The Labute approximate surface area is 234 Å². The summed E-state index contributed by atoms with van der Waals surface area (Å²) in [5.74, 6) is -4.12. The van der Waals surface area contributed by atoms with E-state index >= 15 is 0 Å². The Morgan fingerprint density at radius 1 is 1.17 bits per heavy atom. The van der Waals surface area contributed by atoms with Gasteiger partial charge in [0.05, 0.1) is 27.2 Å². The molecule has 16 nitrogen and oxygen atoms in total. The summed E-state index contributed by atoms with van der Waals surface area (Å²) in [5.41, 5.74) is 4.90.